The predicted octanol–water partition coefficient (Wildman–Crippen LogP) is 2.91. The van der Waals surface area contributed by atoms with Gasteiger partial charge in [0.25, 0.3) is 0 Å². The van der Waals surface area contributed by atoms with Gasteiger partial charge in [0.2, 0.25) is 0 Å². The van der Waals surface area contributed by atoms with Gasteiger partial charge in [-0.05, 0) is 36.3 Å². The Bertz CT molecular complexity index is 363. The SMILES string of the molecule is CC(CO)CNC1CC(c2ccccc2Br)C1. The van der Waals surface area contributed by atoms with E-state index in [9.17, 15) is 0 Å². The Morgan fingerprint density at radius 3 is 2.76 bits per heavy atom. The number of aliphatic hydroxyl groups excluding tert-OH is 1. The van der Waals surface area contributed by atoms with Crippen molar-refractivity contribution in [3.63, 3.8) is 0 Å². The van der Waals surface area contributed by atoms with Crippen molar-refractivity contribution >= 4 is 15.9 Å². The minimum absolute atomic E-state index is 0.271. The maximum atomic E-state index is 8.96. The molecule has 1 fully saturated rings. The van der Waals surface area contributed by atoms with Gasteiger partial charge in [-0.3, -0.25) is 0 Å². The van der Waals surface area contributed by atoms with Crippen molar-refractivity contribution in [2.75, 3.05) is 13.2 Å². The summed E-state index contributed by atoms with van der Waals surface area (Å²) in [7, 11) is 0. The molecule has 0 heterocycles. The normalized spacial score (nSPS) is 25.4. The van der Waals surface area contributed by atoms with E-state index in [1.165, 1.54) is 22.9 Å². The van der Waals surface area contributed by atoms with Gasteiger partial charge in [-0.1, -0.05) is 41.1 Å². The molecule has 0 spiro atoms. The first-order valence-electron chi connectivity index (χ1n) is 6.29. The molecule has 1 aromatic rings. The molecule has 1 unspecified atom stereocenters. The van der Waals surface area contributed by atoms with Crippen LogP contribution < -0.4 is 5.32 Å². The first-order valence-corrected chi connectivity index (χ1v) is 7.08. The Labute approximate surface area is 112 Å². The maximum absolute atomic E-state index is 8.96. The van der Waals surface area contributed by atoms with E-state index in [1.54, 1.807) is 0 Å². The summed E-state index contributed by atoms with van der Waals surface area (Å²) in [6, 6.07) is 9.12. The van der Waals surface area contributed by atoms with Crippen LogP contribution in [0.15, 0.2) is 28.7 Å². The highest BCUT2D eigenvalue weighted by molar-refractivity contribution is 9.10. The van der Waals surface area contributed by atoms with Crippen LogP contribution in [-0.4, -0.2) is 24.3 Å². The molecule has 0 saturated heterocycles. The lowest BCUT2D eigenvalue weighted by atomic mass is 9.76. The van der Waals surface area contributed by atoms with Crippen molar-refractivity contribution in [1.29, 1.82) is 0 Å². The zero-order chi connectivity index (χ0) is 12.3. The molecular weight excluding hydrogens is 278 g/mol. The van der Waals surface area contributed by atoms with Crippen molar-refractivity contribution in [3.05, 3.63) is 34.3 Å². The predicted molar refractivity (Wildman–Crippen MR) is 74.2 cm³/mol. The molecule has 0 bridgehead atoms. The molecule has 0 aliphatic heterocycles. The third-order valence-electron chi connectivity index (χ3n) is 3.55. The van der Waals surface area contributed by atoms with Gasteiger partial charge in [-0.25, -0.2) is 0 Å². The van der Waals surface area contributed by atoms with Crippen LogP contribution in [0.5, 0.6) is 0 Å². The quantitative estimate of drug-likeness (QED) is 0.876. The lowest BCUT2D eigenvalue weighted by Gasteiger charge is -2.37. The molecule has 0 radical (unpaired) electrons. The average Bonchev–Trinajstić information content (AvgIpc) is 2.28. The second kappa shape index (κ2) is 5.98. The Balaban J connectivity index is 1.77. The summed E-state index contributed by atoms with van der Waals surface area (Å²) in [5.41, 5.74) is 1.43. The highest BCUT2D eigenvalue weighted by atomic mass is 79.9. The molecule has 2 N–H and O–H groups in total. The van der Waals surface area contributed by atoms with E-state index >= 15 is 0 Å². The second-order valence-electron chi connectivity index (χ2n) is 5.08. The van der Waals surface area contributed by atoms with Gasteiger partial charge in [-0.2, -0.15) is 0 Å². The Kier molecular flexibility index (Phi) is 4.60. The summed E-state index contributed by atoms with van der Waals surface area (Å²) in [4.78, 5) is 0. The third-order valence-corrected chi connectivity index (χ3v) is 4.27. The summed E-state index contributed by atoms with van der Waals surface area (Å²) >= 11 is 3.61. The minimum atomic E-state index is 0.271. The second-order valence-corrected chi connectivity index (χ2v) is 5.94. The van der Waals surface area contributed by atoms with Crippen LogP contribution in [0.25, 0.3) is 0 Å². The van der Waals surface area contributed by atoms with Gasteiger partial charge < -0.3 is 10.4 Å². The minimum Gasteiger partial charge on any atom is -0.396 e. The fourth-order valence-electron chi connectivity index (χ4n) is 2.28. The van der Waals surface area contributed by atoms with Crippen LogP contribution in [0.2, 0.25) is 0 Å². The van der Waals surface area contributed by atoms with E-state index in [4.69, 9.17) is 5.11 Å². The lowest BCUT2D eigenvalue weighted by Crippen LogP contribution is -2.42. The van der Waals surface area contributed by atoms with E-state index < -0.39 is 0 Å². The molecule has 1 atom stereocenters. The van der Waals surface area contributed by atoms with Crippen molar-refractivity contribution < 1.29 is 5.11 Å². The molecule has 1 aliphatic rings. The molecule has 2 rings (SSSR count). The van der Waals surface area contributed by atoms with Gasteiger partial charge in [0.15, 0.2) is 0 Å². The Morgan fingerprint density at radius 1 is 1.41 bits per heavy atom. The zero-order valence-electron chi connectivity index (χ0n) is 10.2. The van der Waals surface area contributed by atoms with Gasteiger partial charge in [0.05, 0.1) is 0 Å². The van der Waals surface area contributed by atoms with Crippen molar-refractivity contribution in [2.24, 2.45) is 5.92 Å². The zero-order valence-corrected chi connectivity index (χ0v) is 11.8. The average molecular weight is 298 g/mol. The standard InChI is InChI=1S/C14H20BrNO/c1-10(9-17)8-16-12-6-11(7-12)13-4-2-3-5-14(13)15/h2-5,10-12,16-17H,6-9H2,1H3. The van der Waals surface area contributed by atoms with Crippen molar-refractivity contribution in [1.82, 2.24) is 5.32 Å². The number of rotatable bonds is 5. The highest BCUT2D eigenvalue weighted by Gasteiger charge is 2.30. The molecular formula is C14H20BrNO. The van der Waals surface area contributed by atoms with E-state index in [0.717, 1.165) is 6.54 Å². The summed E-state index contributed by atoms with van der Waals surface area (Å²) in [5.74, 6) is 1.05. The Hall–Kier alpha value is -0.380. The maximum Gasteiger partial charge on any atom is 0.0468 e. The summed E-state index contributed by atoms with van der Waals surface area (Å²) < 4.78 is 1.23. The molecule has 94 valence electrons. The molecule has 3 heteroatoms. The number of halogens is 1. The Morgan fingerprint density at radius 2 is 2.12 bits per heavy atom. The van der Waals surface area contributed by atoms with Gasteiger partial charge in [-0.15, -0.1) is 0 Å². The molecule has 0 aromatic heterocycles. The fourth-order valence-corrected chi connectivity index (χ4v) is 2.89. The van der Waals surface area contributed by atoms with Gasteiger partial charge in [0.1, 0.15) is 0 Å². The summed E-state index contributed by atoms with van der Waals surface area (Å²) in [6.45, 7) is 3.26. The van der Waals surface area contributed by atoms with Crippen LogP contribution in [0.1, 0.15) is 31.2 Å². The molecule has 1 saturated carbocycles. The van der Waals surface area contributed by atoms with E-state index in [0.29, 0.717) is 17.9 Å². The van der Waals surface area contributed by atoms with E-state index in [2.05, 4.69) is 52.4 Å². The van der Waals surface area contributed by atoms with Crippen LogP contribution in [0.4, 0.5) is 0 Å². The molecule has 17 heavy (non-hydrogen) atoms. The fraction of sp³-hybridized carbons (Fsp3) is 0.571. The van der Waals surface area contributed by atoms with Crippen molar-refractivity contribution in [3.8, 4) is 0 Å². The van der Waals surface area contributed by atoms with Gasteiger partial charge in [0, 0.05) is 23.7 Å². The van der Waals surface area contributed by atoms with Crippen LogP contribution in [-0.2, 0) is 0 Å². The lowest BCUT2D eigenvalue weighted by molar-refractivity contribution is 0.213. The van der Waals surface area contributed by atoms with Crippen LogP contribution in [0.3, 0.4) is 0 Å². The van der Waals surface area contributed by atoms with Gasteiger partial charge >= 0.3 is 0 Å². The molecule has 1 aliphatic carbocycles. The molecule has 0 amide bonds. The number of aliphatic hydroxyl groups is 1. The van der Waals surface area contributed by atoms with E-state index in [-0.39, 0.29) is 6.61 Å². The highest BCUT2D eigenvalue weighted by Crippen LogP contribution is 2.39. The summed E-state index contributed by atoms with van der Waals surface area (Å²) in [5, 5.41) is 12.5. The number of hydrogen-bond donors (Lipinski definition) is 2. The third kappa shape index (κ3) is 3.30. The first kappa shape index (κ1) is 13.1. The largest absolute Gasteiger partial charge is 0.396 e. The first-order chi connectivity index (χ1) is 8.20. The smallest absolute Gasteiger partial charge is 0.0468 e. The number of benzene rings is 1. The van der Waals surface area contributed by atoms with E-state index in [1.807, 2.05) is 0 Å². The number of hydrogen-bond acceptors (Lipinski definition) is 2. The monoisotopic (exact) mass is 297 g/mol. The topological polar surface area (TPSA) is 32.3 Å². The summed E-state index contributed by atoms with van der Waals surface area (Å²) in [6.07, 6.45) is 2.42. The van der Waals surface area contributed by atoms with Crippen LogP contribution in [0, 0.1) is 5.92 Å². The molecule has 1 aromatic carbocycles. The molecule has 2 nitrogen and oxygen atoms in total. The van der Waals surface area contributed by atoms with Crippen LogP contribution >= 0.6 is 15.9 Å². The van der Waals surface area contributed by atoms with Crippen molar-refractivity contribution in [2.45, 2.75) is 31.7 Å². The number of nitrogens with one attached hydrogen (secondary N) is 1.